The van der Waals surface area contributed by atoms with E-state index < -0.39 is 0 Å². The fourth-order valence-corrected chi connectivity index (χ4v) is 2.80. The number of rotatable bonds is 3. The first-order valence-electron chi connectivity index (χ1n) is 6.49. The van der Waals surface area contributed by atoms with Crippen molar-refractivity contribution in [1.82, 2.24) is 4.98 Å². The zero-order valence-electron chi connectivity index (χ0n) is 10.6. The van der Waals surface area contributed by atoms with Crippen LogP contribution in [-0.2, 0) is 6.42 Å². The Labute approximate surface area is 108 Å². The van der Waals surface area contributed by atoms with Gasteiger partial charge in [0.1, 0.15) is 0 Å². The van der Waals surface area contributed by atoms with Gasteiger partial charge in [-0.25, -0.2) is 0 Å². The van der Waals surface area contributed by atoms with Crippen molar-refractivity contribution in [1.29, 1.82) is 0 Å². The van der Waals surface area contributed by atoms with E-state index in [2.05, 4.69) is 42.2 Å². The molecular formula is C16H18N2. The molecule has 2 aromatic rings. The number of benzene rings is 1. The lowest BCUT2D eigenvalue weighted by Crippen LogP contribution is -2.22. The number of aromatic nitrogens is 1. The molecular weight excluding hydrogens is 220 g/mol. The molecule has 92 valence electrons. The van der Waals surface area contributed by atoms with Crippen LogP contribution in [-0.4, -0.2) is 4.98 Å². The van der Waals surface area contributed by atoms with Crippen LogP contribution in [0.3, 0.4) is 0 Å². The Hall–Kier alpha value is -1.67. The van der Waals surface area contributed by atoms with Gasteiger partial charge in [0.05, 0.1) is 0 Å². The number of pyridine rings is 1. The van der Waals surface area contributed by atoms with E-state index in [1.165, 1.54) is 23.1 Å². The van der Waals surface area contributed by atoms with Crippen LogP contribution in [0.15, 0.2) is 42.7 Å². The van der Waals surface area contributed by atoms with Gasteiger partial charge in [-0.05, 0) is 47.9 Å². The van der Waals surface area contributed by atoms with Crippen molar-refractivity contribution >= 4 is 0 Å². The highest BCUT2D eigenvalue weighted by atomic mass is 14.7. The number of nitrogens with two attached hydrogens (primary N) is 1. The highest BCUT2D eigenvalue weighted by Crippen LogP contribution is 2.39. The van der Waals surface area contributed by atoms with Crippen molar-refractivity contribution in [2.45, 2.75) is 31.7 Å². The molecule has 1 heterocycles. The van der Waals surface area contributed by atoms with Gasteiger partial charge in [-0.3, -0.25) is 4.98 Å². The molecule has 1 aromatic carbocycles. The zero-order valence-corrected chi connectivity index (χ0v) is 10.6. The van der Waals surface area contributed by atoms with E-state index in [4.69, 9.17) is 5.73 Å². The van der Waals surface area contributed by atoms with E-state index >= 15 is 0 Å². The van der Waals surface area contributed by atoms with Crippen LogP contribution in [0.5, 0.6) is 0 Å². The lowest BCUT2D eigenvalue weighted by molar-refractivity contribution is 0.497. The summed E-state index contributed by atoms with van der Waals surface area (Å²) in [5.41, 5.74) is 11.6. The molecule has 2 heteroatoms. The molecule has 2 N–H and O–H groups in total. The zero-order chi connectivity index (χ0) is 12.5. The Morgan fingerprint density at radius 1 is 1.33 bits per heavy atom. The second-order valence-electron chi connectivity index (χ2n) is 5.24. The van der Waals surface area contributed by atoms with Crippen LogP contribution in [0, 0.1) is 6.92 Å². The molecule has 0 amide bonds. The van der Waals surface area contributed by atoms with Crippen LogP contribution in [0.25, 0.3) is 0 Å². The Kier molecular flexibility index (Phi) is 2.88. The number of fused-ring (bicyclic) bond motifs is 1. The molecule has 2 atom stereocenters. The van der Waals surface area contributed by atoms with E-state index in [0.29, 0.717) is 5.92 Å². The van der Waals surface area contributed by atoms with Gasteiger partial charge in [0, 0.05) is 18.4 Å². The van der Waals surface area contributed by atoms with Crippen LogP contribution >= 0.6 is 0 Å². The summed E-state index contributed by atoms with van der Waals surface area (Å²) in [5.74, 6) is 0.622. The largest absolute Gasteiger partial charge is 0.324 e. The van der Waals surface area contributed by atoms with Crippen molar-refractivity contribution in [3.8, 4) is 0 Å². The minimum absolute atomic E-state index is 0.0933. The molecule has 0 saturated carbocycles. The Bertz CT molecular complexity index is 563. The normalized spacial score (nSPS) is 18.9. The van der Waals surface area contributed by atoms with Crippen molar-refractivity contribution in [2.75, 3.05) is 0 Å². The van der Waals surface area contributed by atoms with E-state index in [-0.39, 0.29) is 6.04 Å². The molecule has 1 aliphatic carbocycles. The third-order valence-electron chi connectivity index (χ3n) is 3.82. The first kappa shape index (κ1) is 11.4. The maximum Gasteiger partial charge on any atom is 0.0316 e. The van der Waals surface area contributed by atoms with Crippen LogP contribution in [0.1, 0.15) is 40.6 Å². The molecule has 18 heavy (non-hydrogen) atoms. The fourth-order valence-electron chi connectivity index (χ4n) is 2.80. The first-order valence-corrected chi connectivity index (χ1v) is 6.49. The Balaban J connectivity index is 1.72. The molecule has 0 aliphatic heterocycles. The molecule has 1 aliphatic rings. The van der Waals surface area contributed by atoms with Gasteiger partial charge < -0.3 is 5.73 Å². The van der Waals surface area contributed by atoms with Gasteiger partial charge in [0.15, 0.2) is 0 Å². The van der Waals surface area contributed by atoms with Crippen molar-refractivity contribution < 1.29 is 0 Å². The van der Waals surface area contributed by atoms with Gasteiger partial charge in [0.2, 0.25) is 0 Å². The summed E-state index contributed by atoms with van der Waals surface area (Å²) in [5, 5.41) is 0. The highest BCUT2D eigenvalue weighted by molar-refractivity contribution is 5.40. The minimum Gasteiger partial charge on any atom is -0.324 e. The lowest BCUT2D eigenvalue weighted by atomic mass is 9.74. The van der Waals surface area contributed by atoms with Crippen LogP contribution in [0.2, 0.25) is 0 Å². The first-order chi connectivity index (χ1) is 8.74. The monoisotopic (exact) mass is 238 g/mol. The number of aryl methyl sites for hydroxylation is 1. The lowest BCUT2D eigenvalue weighted by Gasteiger charge is -2.32. The summed E-state index contributed by atoms with van der Waals surface area (Å²) >= 11 is 0. The molecule has 2 nitrogen and oxygen atoms in total. The predicted octanol–water partition coefficient (Wildman–Crippen LogP) is 3.12. The van der Waals surface area contributed by atoms with Gasteiger partial charge in [-0.2, -0.15) is 0 Å². The summed E-state index contributed by atoms with van der Waals surface area (Å²) in [6, 6.07) is 10.9. The molecule has 2 unspecified atom stereocenters. The third-order valence-corrected chi connectivity index (χ3v) is 3.82. The second kappa shape index (κ2) is 4.54. The molecule has 0 radical (unpaired) electrons. The maximum absolute atomic E-state index is 6.29. The number of hydrogen-bond acceptors (Lipinski definition) is 2. The summed E-state index contributed by atoms with van der Waals surface area (Å²) in [6.45, 7) is 2.06. The summed E-state index contributed by atoms with van der Waals surface area (Å²) in [4.78, 5) is 4.22. The summed E-state index contributed by atoms with van der Waals surface area (Å²) in [7, 11) is 0. The molecule has 0 saturated heterocycles. The van der Waals surface area contributed by atoms with E-state index in [1.54, 1.807) is 0 Å². The van der Waals surface area contributed by atoms with Gasteiger partial charge in [0.25, 0.3) is 0 Å². The molecule has 0 bridgehead atoms. The van der Waals surface area contributed by atoms with Gasteiger partial charge in [-0.1, -0.05) is 30.3 Å². The molecule has 1 aromatic heterocycles. The average Bonchev–Trinajstić information content (AvgIpc) is 2.36. The Morgan fingerprint density at radius 2 is 2.17 bits per heavy atom. The van der Waals surface area contributed by atoms with Crippen LogP contribution in [0.4, 0.5) is 0 Å². The van der Waals surface area contributed by atoms with Crippen molar-refractivity contribution in [3.05, 3.63) is 65.0 Å². The standard InChI is InChI=1S/C16H18N2/c1-11-6-14(10-18-9-11)16(17)8-13-7-12-4-2-3-5-15(12)13/h2-6,9-10,13,16H,7-8,17H2,1H3. The van der Waals surface area contributed by atoms with Gasteiger partial charge in [-0.15, -0.1) is 0 Å². The Morgan fingerprint density at radius 3 is 2.94 bits per heavy atom. The summed E-state index contributed by atoms with van der Waals surface area (Å²) < 4.78 is 0. The topological polar surface area (TPSA) is 38.9 Å². The maximum atomic E-state index is 6.29. The van der Waals surface area contributed by atoms with Crippen molar-refractivity contribution in [2.24, 2.45) is 5.73 Å². The van der Waals surface area contributed by atoms with E-state index in [0.717, 1.165) is 12.0 Å². The quantitative estimate of drug-likeness (QED) is 0.892. The van der Waals surface area contributed by atoms with Crippen LogP contribution < -0.4 is 5.73 Å². The molecule has 3 rings (SSSR count). The minimum atomic E-state index is 0.0933. The highest BCUT2D eigenvalue weighted by Gasteiger charge is 2.27. The smallest absolute Gasteiger partial charge is 0.0316 e. The summed E-state index contributed by atoms with van der Waals surface area (Å²) in [6.07, 6.45) is 5.95. The number of nitrogens with zero attached hydrogens (tertiary/aromatic N) is 1. The van der Waals surface area contributed by atoms with E-state index in [1.807, 2.05) is 12.4 Å². The second-order valence-corrected chi connectivity index (χ2v) is 5.24. The number of hydrogen-bond donors (Lipinski definition) is 1. The fraction of sp³-hybridized carbons (Fsp3) is 0.312. The average molecular weight is 238 g/mol. The molecule has 0 fully saturated rings. The van der Waals surface area contributed by atoms with Gasteiger partial charge >= 0.3 is 0 Å². The predicted molar refractivity (Wildman–Crippen MR) is 73.4 cm³/mol. The third kappa shape index (κ3) is 2.04. The SMILES string of the molecule is Cc1cncc(C(N)CC2Cc3ccccc32)c1. The van der Waals surface area contributed by atoms with Crippen molar-refractivity contribution in [3.63, 3.8) is 0 Å². The van der Waals surface area contributed by atoms with E-state index in [9.17, 15) is 0 Å². The molecule has 0 spiro atoms.